The van der Waals surface area contributed by atoms with Crippen molar-refractivity contribution in [2.24, 2.45) is 0 Å². The molecular weight excluding hydrogens is 529 g/mol. The van der Waals surface area contributed by atoms with Crippen molar-refractivity contribution in [1.29, 1.82) is 0 Å². The number of β-amino-alcohol motifs (C(OH)–C–C–N with tert-alkyl or cyclic N) is 2. The first-order chi connectivity index (χ1) is 17.7. The number of benzene rings is 1. The van der Waals surface area contributed by atoms with Crippen LogP contribution in [0.25, 0.3) is 16.7 Å². The molecule has 3 heterocycles. The number of nitrogens with zero attached hydrogens (tertiary/aromatic N) is 3. The Bertz CT molecular complexity index is 1440. The van der Waals surface area contributed by atoms with E-state index < -0.39 is 93.6 Å². The molecule has 15 heteroatoms. The number of aliphatic hydroxyl groups excluding tert-OH is 2. The van der Waals surface area contributed by atoms with Crippen molar-refractivity contribution in [3.63, 3.8) is 0 Å². The molecule has 1 aromatic carbocycles. The van der Waals surface area contributed by atoms with E-state index in [4.69, 9.17) is 0 Å². The molecule has 1 aliphatic heterocycles. The fraction of sp³-hybridized carbons (Fsp3) is 0.348. The van der Waals surface area contributed by atoms with Crippen molar-refractivity contribution in [2.75, 3.05) is 18.0 Å². The van der Waals surface area contributed by atoms with Crippen LogP contribution < -0.4 is 15.6 Å². The van der Waals surface area contributed by atoms with Crippen LogP contribution >= 0.6 is 0 Å². The maximum Gasteiger partial charge on any atom is 0.408 e. The molecule has 1 aliphatic rings. The summed E-state index contributed by atoms with van der Waals surface area (Å²) in [6.07, 6.45) is -7.54. The van der Waals surface area contributed by atoms with Gasteiger partial charge in [-0.2, -0.15) is 13.2 Å². The van der Waals surface area contributed by atoms with Crippen LogP contribution in [0.2, 0.25) is 0 Å². The Morgan fingerprint density at radius 3 is 2.18 bits per heavy atom. The molecule has 1 saturated heterocycles. The number of aromatic nitrogens is 2. The van der Waals surface area contributed by atoms with E-state index in [2.05, 4.69) is 4.98 Å². The molecule has 0 bridgehead atoms. The number of anilines is 1. The van der Waals surface area contributed by atoms with Gasteiger partial charge in [-0.05, 0) is 12.5 Å². The topological polar surface area (TPSA) is 108 Å². The van der Waals surface area contributed by atoms with E-state index in [1.165, 1.54) is 0 Å². The van der Waals surface area contributed by atoms with Gasteiger partial charge in [0, 0.05) is 31.4 Å². The Morgan fingerprint density at radius 2 is 1.66 bits per heavy atom. The number of alkyl halides is 3. The average molecular weight is 548 g/mol. The first-order valence-electron chi connectivity index (χ1n) is 11.1. The van der Waals surface area contributed by atoms with Crippen molar-refractivity contribution >= 4 is 22.8 Å². The summed E-state index contributed by atoms with van der Waals surface area (Å²) in [4.78, 5) is 30.8. The lowest BCUT2D eigenvalue weighted by Crippen LogP contribution is -2.46. The smallest absolute Gasteiger partial charge is 0.389 e. The summed E-state index contributed by atoms with van der Waals surface area (Å²) in [5.74, 6) is -7.66. The number of carbonyl (C=O) groups excluding carboxylic acids is 1. The number of halogens is 7. The highest BCUT2D eigenvalue weighted by Crippen LogP contribution is 2.29. The summed E-state index contributed by atoms with van der Waals surface area (Å²) in [5.41, 5.74) is -4.01. The summed E-state index contributed by atoms with van der Waals surface area (Å²) in [6.45, 7) is 0.528. The zero-order valence-corrected chi connectivity index (χ0v) is 19.4. The summed E-state index contributed by atoms with van der Waals surface area (Å²) in [7, 11) is 0. The maximum atomic E-state index is 15.0. The third kappa shape index (κ3) is 4.90. The van der Waals surface area contributed by atoms with Gasteiger partial charge < -0.3 is 20.4 Å². The second-order valence-electron chi connectivity index (χ2n) is 8.64. The highest BCUT2D eigenvalue weighted by atomic mass is 19.4. The predicted molar refractivity (Wildman–Crippen MR) is 119 cm³/mol. The molecule has 3 aromatic rings. The van der Waals surface area contributed by atoms with Crippen LogP contribution in [0.1, 0.15) is 23.7 Å². The van der Waals surface area contributed by atoms with E-state index >= 15 is 4.39 Å². The minimum Gasteiger partial charge on any atom is -0.389 e. The lowest BCUT2D eigenvalue weighted by atomic mass is 10.1. The van der Waals surface area contributed by atoms with Crippen LogP contribution in [0.3, 0.4) is 0 Å². The molecular formula is C23H19F7N4O4. The number of hydrogen-bond acceptors (Lipinski definition) is 6. The molecule has 0 aliphatic carbocycles. The third-order valence-corrected chi connectivity index (χ3v) is 6.05. The van der Waals surface area contributed by atoms with Gasteiger partial charge in [0.2, 0.25) is 5.43 Å². The highest BCUT2D eigenvalue weighted by Gasteiger charge is 2.40. The minimum absolute atomic E-state index is 0.274. The van der Waals surface area contributed by atoms with E-state index in [-0.39, 0.29) is 25.2 Å². The van der Waals surface area contributed by atoms with E-state index in [1.54, 1.807) is 5.32 Å². The molecule has 38 heavy (non-hydrogen) atoms. The molecule has 0 spiro atoms. The van der Waals surface area contributed by atoms with Gasteiger partial charge in [0.25, 0.3) is 5.91 Å². The van der Waals surface area contributed by atoms with Crippen molar-refractivity contribution in [2.45, 2.75) is 37.8 Å². The zero-order chi connectivity index (χ0) is 28.1. The number of aliphatic hydroxyl groups is 2. The quantitative estimate of drug-likeness (QED) is 0.424. The van der Waals surface area contributed by atoms with E-state index in [1.807, 2.05) is 0 Å². The van der Waals surface area contributed by atoms with Gasteiger partial charge in [-0.1, -0.05) is 6.92 Å². The van der Waals surface area contributed by atoms with Gasteiger partial charge in [0.1, 0.15) is 23.1 Å². The Labute approximate surface area is 208 Å². The molecule has 1 fully saturated rings. The second-order valence-corrected chi connectivity index (χ2v) is 8.64. The number of amides is 1. The van der Waals surface area contributed by atoms with Gasteiger partial charge in [0.05, 0.1) is 17.6 Å². The number of hydrogen-bond donors (Lipinski definition) is 3. The van der Waals surface area contributed by atoms with Crippen LogP contribution in [0.15, 0.2) is 29.2 Å². The van der Waals surface area contributed by atoms with Crippen LogP contribution in [0, 0.1) is 23.3 Å². The molecule has 8 nitrogen and oxygen atoms in total. The first kappa shape index (κ1) is 27.3. The summed E-state index contributed by atoms with van der Waals surface area (Å²) < 4.78 is 98.2. The number of rotatable bonds is 5. The van der Waals surface area contributed by atoms with Gasteiger partial charge in [0.15, 0.2) is 28.9 Å². The fourth-order valence-corrected chi connectivity index (χ4v) is 4.13. The van der Waals surface area contributed by atoms with E-state index in [0.717, 1.165) is 11.8 Å². The molecule has 0 radical (unpaired) electrons. The average Bonchev–Trinajstić information content (AvgIpc) is 3.14. The van der Waals surface area contributed by atoms with Crippen molar-refractivity contribution in [1.82, 2.24) is 14.9 Å². The Kier molecular flexibility index (Phi) is 7.09. The summed E-state index contributed by atoms with van der Waals surface area (Å²) >= 11 is 0. The van der Waals surface area contributed by atoms with Crippen molar-refractivity contribution in [3.05, 3.63) is 63.5 Å². The van der Waals surface area contributed by atoms with Gasteiger partial charge in [-0.3, -0.25) is 14.2 Å². The fourth-order valence-electron chi connectivity index (χ4n) is 4.13. The SMILES string of the molecule is CC[C@H](NC(=O)c1cn(-c2c(F)cc(F)cc2F)c2nc(N3C[C@@H](O)[C@H](O)C3)c(F)cc2c1=O)C(F)(F)F. The molecule has 204 valence electrons. The van der Waals surface area contributed by atoms with Gasteiger partial charge >= 0.3 is 6.18 Å². The number of fused-ring (bicyclic) bond motifs is 1. The molecule has 1 amide bonds. The van der Waals surface area contributed by atoms with Crippen LogP contribution in [0.5, 0.6) is 0 Å². The number of pyridine rings is 2. The first-order valence-corrected chi connectivity index (χ1v) is 11.1. The van der Waals surface area contributed by atoms with E-state index in [0.29, 0.717) is 16.8 Å². The van der Waals surface area contributed by atoms with Crippen molar-refractivity contribution < 1.29 is 45.7 Å². The highest BCUT2D eigenvalue weighted by molar-refractivity contribution is 5.97. The maximum absolute atomic E-state index is 15.0. The van der Waals surface area contributed by atoms with Gasteiger partial charge in [-0.15, -0.1) is 0 Å². The molecule has 0 unspecified atom stereocenters. The molecule has 3 atom stereocenters. The Balaban J connectivity index is 1.99. The molecule has 4 rings (SSSR count). The van der Waals surface area contributed by atoms with Crippen LogP contribution in [0.4, 0.5) is 36.6 Å². The lowest BCUT2D eigenvalue weighted by Gasteiger charge is -2.21. The largest absolute Gasteiger partial charge is 0.408 e. The molecule has 2 aromatic heterocycles. The monoisotopic (exact) mass is 548 g/mol. The second kappa shape index (κ2) is 9.87. The summed E-state index contributed by atoms with van der Waals surface area (Å²) in [5, 5.41) is 20.5. The number of carbonyl (C=O) groups is 1. The lowest BCUT2D eigenvalue weighted by molar-refractivity contribution is -0.153. The molecule has 3 N–H and O–H groups in total. The Hall–Kier alpha value is -3.72. The van der Waals surface area contributed by atoms with Crippen molar-refractivity contribution in [3.8, 4) is 5.69 Å². The Morgan fingerprint density at radius 1 is 1.08 bits per heavy atom. The standard InChI is InChI=1S/C23H19F7N4O4/c1-2-17(23(28,29)30)31-22(38)11-6-34(18-12(25)3-9(24)4-13(18)26)20-10(19(11)37)5-14(27)21(32-20)33-7-15(35)16(36)8-33/h3-6,15-17,35-36H,2,7-8H2,1H3,(H,31,38)/t15-,16-,17+/m1/s1. The van der Waals surface area contributed by atoms with Crippen LogP contribution in [-0.4, -0.2) is 63.2 Å². The van der Waals surface area contributed by atoms with Gasteiger partial charge in [-0.25, -0.2) is 22.5 Å². The molecule has 0 saturated carbocycles. The zero-order valence-electron chi connectivity index (χ0n) is 19.4. The number of nitrogens with one attached hydrogen (secondary N) is 1. The van der Waals surface area contributed by atoms with Crippen LogP contribution in [-0.2, 0) is 0 Å². The van der Waals surface area contributed by atoms with E-state index in [9.17, 15) is 46.1 Å². The minimum atomic E-state index is -4.89. The summed E-state index contributed by atoms with van der Waals surface area (Å²) in [6, 6.07) is -1.26. The normalized spacial score (nSPS) is 18.7. The third-order valence-electron chi connectivity index (χ3n) is 6.05. The predicted octanol–water partition coefficient (Wildman–Crippen LogP) is 2.55.